The van der Waals surface area contributed by atoms with Gasteiger partial charge in [-0.15, -0.1) is 0 Å². The molecule has 0 spiro atoms. The van der Waals surface area contributed by atoms with Gasteiger partial charge in [-0.2, -0.15) is 5.11 Å². The number of rotatable bonds is 12. The molecule has 0 rings (SSSR count). The zero-order chi connectivity index (χ0) is 16.1. The Morgan fingerprint density at radius 3 is 2.38 bits per heavy atom. The van der Waals surface area contributed by atoms with Crippen molar-refractivity contribution in [1.29, 1.82) is 0 Å². The van der Waals surface area contributed by atoms with Crippen LogP contribution in [-0.4, -0.2) is 42.2 Å². The van der Waals surface area contributed by atoms with Crippen molar-refractivity contribution in [1.82, 2.24) is 5.32 Å². The molecule has 0 aliphatic rings. The number of hydrogen-bond donors (Lipinski definition) is 5. The predicted molar refractivity (Wildman–Crippen MR) is 78.2 cm³/mol. The van der Waals surface area contributed by atoms with E-state index in [1.165, 1.54) is 0 Å². The summed E-state index contributed by atoms with van der Waals surface area (Å²) in [6.45, 7) is 1.05. The highest BCUT2D eigenvalue weighted by Crippen LogP contribution is 2.05. The van der Waals surface area contributed by atoms with Gasteiger partial charge in [0.05, 0.1) is 6.04 Å². The van der Waals surface area contributed by atoms with E-state index in [0.29, 0.717) is 38.8 Å². The molecular weight excluding hydrogens is 276 g/mol. The fourth-order valence-electron chi connectivity index (χ4n) is 1.76. The van der Waals surface area contributed by atoms with Crippen LogP contribution in [0.4, 0.5) is 0 Å². The maximum atomic E-state index is 11.6. The van der Waals surface area contributed by atoms with Crippen molar-refractivity contribution in [2.45, 2.75) is 50.6 Å². The van der Waals surface area contributed by atoms with Crippen LogP contribution < -0.4 is 22.6 Å². The number of nitrogens with zero attached hydrogens (tertiary/aromatic N) is 2. The van der Waals surface area contributed by atoms with Gasteiger partial charge in [0.25, 0.3) is 0 Å². The van der Waals surface area contributed by atoms with Crippen molar-refractivity contribution in [2.24, 2.45) is 27.6 Å². The Labute approximate surface area is 124 Å². The SMILES string of the molecule is NCCCCC(N)C(=O)NCCCCC(N=NN)C(=O)O. The Morgan fingerprint density at radius 2 is 1.81 bits per heavy atom. The van der Waals surface area contributed by atoms with Gasteiger partial charge in [0.15, 0.2) is 6.04 Å². The molecule has 0 aliphatic carbocycles. The highest BCUT2D eigenvalue weighted by molar-refractivity contribution is 5.81. The largest absolute Gasteiger partial charge is 0.480 e. The summed E-state index contributed by atoms with van der Waals surface area (Å²) in [4.78, 5) is 22.4. The van der Waals surface area contributed by atoms with Crippen LogP contribution in [0, 0.1) is 0 Å². The molecule has 122 valence electrons. The van der Waals surface area contributed by atoms with Crippen LogP contribution in [-0.2, 0) is 9.59 Å². The molecule has 0 aromatic heterocycles. The first-order chi connectivity index (χ1) is 10.0. The molecule has 0 heterocycles. The molecule has 1 amide bonds. The number of unbranched alkanes of at least 4 members (excludes halogenated alkanes) is 2. The molecule has 8 N–H and O–H groups in total. The summed E-state index contributed by atoms with van der Waals surface area (Å²) in [6, 6.07) is -1.45. The van der Waals surface area contributed by atoms with Gasteiger partial charge >= 0.3 is 5.97 Å². The van der Waals surface area contributed by atoms with Crippen molar-refractivity contribution >= 4 is 11.9 Å². The highest BCUT2D eigenvalue weighted by Gasteiger charge is 2.16. The van der Waals surface area contributed by atoms with Crippen molar-refractivity contribution in [3.8, 4) is 0 Å². The Kier molecular flexibility index (Phi) is 11.0. The van der Waals surface area contributed by atoms with E-state index in [1.807, 2.05) is 0 Å². The zero-order valence-electron chi connectivity index (χ0n) is 12.2. The van der Waals surface area contributed by atoms with Crippen molar-refractivity contribution in [2.75, 3.05) is 13.1 Å². The minimum Gasteiger partial charge on any atom is -0.480 e. The van der Waals surface area contributed by atoms with E-state index >= 15 is 0 Å². The molecule has 0 saturated heterocycles. The molecule has 0 aromatic carbocycles. The molecular formula is C12H26N6O3. The van der Waals surface area contributed by atoms with Crippen LogP contribution in [0.2, 0.25) is 0 Å². The molecule has 9 heteroatoms. The van der Waals surface area contributed by atoms with Gasteiger partial charge in [-0.3, -0.25) is 4.79 Å². The fraction of sp³-hybridized carbons (Fsp3) is 0.833. The topological polar surface area (TPSA) is 169 Å². The normalized spacial score (nSPS) is 14.0. The Hall–Kier alpha value is -1.74. The molecule has 9 nitrogen and oxygen atoms in total. The molecule has 21 heavy (non-hydrogen) atoms. The summed E-state index contributed by atoms with van der Waals surface area (Å²) in [5.41, 5.74) is 11.1. The van der Waals surface area contributed by atoms with Crippen LogP contribution in [0.3, 0.4) is 0 Å². The second kappa shape index (κ2) is 12.0. The number of nitrogens with one attached hydrogen (secondary N) is 1. The minimum atomic E-state index is -1.06. The monoisotopic (exact) mass is 302 g/mol. The van der Waals surface area contributed by atoms with Crippen LogP contribution in [0.1, 0.15) is 38.5 Å². The molecule has 2 atom stereocenters. The average Bonchev–Trinajstić information content (AvgIpc) is 2.45. The number of hydrogen-bond acceptors (Lipinski definition) is 6. The average molecular weight is 302 g/mol. The number of carbonyl (C=O) groups excluding carboxylic acids is 1. The molecule has 0 fully saturated rings. The lowest BCUT2D eigenvalue weighted by Crippen LogP contribution is -2.41. The van der Waals surface area contributed by atoms with Crippen LogP contribution in [0.15, 0.2) is 10.3 Å². The maximum Gasteiger partial charge on any atom is 0.330 e. The number of carbonyl (C=O) groups is 2. The van der Waals surface area contributed by atoms with E-state index < -0.39 is 18.1 Å². The first kappa shape index (κ1) is 19.3. The molecule has 0 aliphatic heterocycles. The smallest absolute Gasteiger partial charge is 0.330 e. The Morgan fingerprint density at radius 1 is 1.14 bits per heavy atom. The van der Waals surface area contributed by atoms with Crippen molar-refractivity contribution in [3.05, 3.63) is 0 Å². The van der Waals surface area contributed by atoms with E-state index in [9.17, 15) is 9.59 Å². The number of amides is 1. The zero-order valence-corrected chi connectivity index (χ0v) is 12.2. The molecule has 0 radical (unpaired) electrons. The van der Waals surface area contributed by atoms with Gasteiger partial charge in [0.2, 0.25) is 5.91 Å². The van der Waals surface area contributed by atoms with Crippen molar-refractivity contribution < 1.29 is 14.7 Å². The van der Waals surface area contributed by atoms with Crippen molar-refractivity contribution in [3.63, 3.8) is 0 Å². The van der Waals surface area contributed by atoms with Crippen LogP contribution in [0.25, 0.3) is 0 Å². The predicted octanol–water partition coefficient (Wildman–Crippen LogP) is -0.492. The minimum absolute atomic E-state index is 0.191. The standard InChI is InChI=1S/C12H26N6O3/c13-7-3-1-5-9(14)11(19)16-8-4-2-6-10(12(20)21)17-18-15/h9-10H,1-8,13-14H2,(H2,15,17)(H,16,19)(H,20,21). The van der Waals surface area contributed by atoms with Gasteiger partial charge in [-0.05, 0) is 38.6 Å². The first-order valence-corrected chi connectivity index (χ1v) is 7.09. The summed E-state index contributed by atoms with van der Waals surface area (Å²) in [5.74, 6) is 3.59. The maximum absolute atomic E-state index is 11.6. The molecule has 0 aromatic rings. The summed E-state index contributed by atoms with van der Waals surface area (Å²) < 4.78 is 0. The lowest BCUT2D eigenvalue weighted by Gasteiger charge is -2.12. The van der Waals surface area contributed by atoms with E-state index in [2.05, 4.69) is 15.7 Å². The van der Waals surface area contributed by atoms with Gasteiger partial charge in [-0.25, -0.2) is 4.79 Å². The van der Waals surface area contributed by atoms with E-state index in [-0.39, 0.29) is 5.91 Å². The number of aliphatic carboxylic acids is 1. The molecule has 0 bridgehead atoms. The third-order valence-corrected chi connectivity index (χ3v) is 3.00. The lowest BCUT2D eigenvalue weighted by atomic mass is 10.1. The highest BCUT2D eigenvalue weighted by atomic mass is 16.4. The summed E-state index contributed by atoms with van der Waals surface area (Å²) in [5, 5.41) is 17.9. The summed E-state index contributed by atoms with van der Waals surface area (Å²) in [6.07, 6.45) is 3.86. The van der Waals surface area contributed by atoms with Crippen LogP contribution in [0.5, 0.6) is 0 Å². The quantitative estimate of drug-likeness (QED) is 0.141. The third kappa shape index (κ3) is 9.74. The van der Waals surface area contributed by atoms with Gasteiger partial charge in [0.1, 0.15) is 0 Å². The first-order valence-electron chi connectivity index (χ1n) is 7.09. The Balaban J connectivity index is 3.74. The second-order valence-electron chi connectivity index (χ2n) is 4.76. The summed E-state index contributed by atoms with van der Waals surface area (Å²) in [7, 11) is 0. The Bertz CT molecular complexity index is 337. The molecule has 0 saturated carbocycles. The van der Waals surface area contributed by atoms with E-state index in [0.717, 1.165) is 12.8 Å². The second-order valence-corrected chi connectivity index (χ2v) is 4.76. The fourth-order valence-corrected chi connectivity index (χ4v) is 1.76. The third-order valence-electron chi connectivity index (χ3n) is 3.00. The van der Waals surface area contributed by atoms with E-state index in [4.69, 9.17) is 22.4 Å². The number of nitrogens with two attached hydrogens (primary N) is 3. The van der Waals surface area contributed by atoms with Gasteiger partial charge < -0.3 is 27.7 Å². The summed E-state index contributed by atoms with van der Waals surface area (Å²) >= 11 is 0. The van der Waals surface area contributed by atoms with Gasteiger partial charge in [-0.1, -0.05) is 11.6 Å². The van der Waals surface area contributed by atoms with Gasteiger partial charge in [0, 0.05) is 6.54 Å². The van der Waals surface area contributed by atoms with Crippen LogP contribution >= 0.6 is 0 Å². The lowest BCUT2D eigenvalue weighted by molar-refractivity contribution is -0.138. The number of carboxylic acids is 1. The number of carboxylic acid groups (broad SMARTS) is 1. The molecule has 2 unspecified atom stereocenters. The van der Waals surface area contributed by atoms with E-state index in [1.54, 1.807) is 0 Å².